The van der Waals surface area contributed by atoms with Gasteiger partial charge in [0.25, 0.3) is 0 Å². The van der Waals surface area contributed by atoms with Crippen molar-refractivity contribution < 1.29 is 4.74 Å². The molecule has 0 unspecified atom stereocenters. The van der Waals surface area contributed by atoms with Gasteiger partial charge in [-0.3, -0.25) is 0 Å². The first-order valence-electron chi connectivity index (χ1n) is 8.65. The van der Waals surface area contributed by atoms with Gasteiger partial charge in [0, 0.05) is 24.0 Å². The molecular weight excluding hydrogens is 362 g/mol. The Labute approximate surface area is 159 Å². The Bertz CT molecular complexity index is 1040. The van der Waals surface area contributed by atoms with E-state index >= 15 is 0 Å². The maximum absolute atomic E-state index is 5.39. The molecule has 1 aliphatic rings. The van der Waals surface area contributed by atoms with E-state index in [9.17, 15) is 0 Å². The van der Waals surface area contributed by atoms with Crippen LogP contribution in [-0.2, 0) is 4.74 Å². The molecule has 1 fully saturated rings. The number of thiophene rings is 1. The smallest absolute Gasteiger partial charge is 0.199 e. The van der Waals surface area contributed by atoms with E-state index in [2.05, 4.69) is 35.6 Å². The number of nitrogens with one attached hydrogen (secondary N) is 1. The van der Waals surface area contributed by atoms with Crippen molar-refractivity contribution in [2.45, 2.75) is 0 Å². The minimum Gasteiger partial charge on any atom is -0.378 e. The van der Waals surface area contributed by atoms with E-state index < -0.39 is 0 Å². The quantitative estimate of drug-likeness (QED) is 0.584. The van der Waals surface area contributed by atoms with Crippen LogP contribution in [0.5, 0.6) is 0 Å². The van der Waals surface area contributed by atoms with Crippen LogP contribution in [0.3, 0.4) is 0 Å². The fourth-order valence-electron chi connectivity index (χ4n) is 3.09. The first-order chi connectivity index (χ1) is 13.4. The fourth-order valence-corrected chi connectivity index (χ4v) is 3.74. The SMILES string of the molecule is c1nc2c(Nc3ccc(N4CCOCC4)nc3)ncc(-c3ccsc3)n2n1. The van der Waals surface area contributed by atoms with Crippen LogP contribution in [0.25, 0.3) is 16.9 Å². The maximum atomic E-state index is 5.39. The lowest BCUT2D eigenvalue weighted by molar-refractivity contribution is 0.122. The molecule has 0 aliphatic carbocycles. The van der Waals surface area contributed by atoms with Crippen LogP contribution in [0.15, 0.2) is 47.7 Å². The van der Waals surface area contributed by atoms with Crippen LogP contribution >= 0.6 is 11.3 Å². The summed E-state index contributed by atoms with van der Waals surface area (Å²) < 4.78 is 7.19. The van der Waals surface area contributed by atoms with E-state index in [4.69, 9.17) is 4.74 Å². The van der Waals surface area contributed by atoms with E-state index in [1.807, 2.05) is 36.0 Å². The second-order valence-electron chi connectivity index (χ2n) is 6.13. The maximum Gasteiger partial charge on any atom is 0.199 e. The highest BCUT2D eigenvalue weighted by molar-refractivity contribution is 7.08. The number of hydrogen-bond donors (Lipinski definition) is 1. The Morgan fingerprint density at radius 3 is 2.74 bits per heavy atom. The Morgan fingerprint density at radius 1 is 1.04 bits per heavy atom. The Kier molecular flexibility index (Phi) is 4.15. The summed E-state index contributed by atoms with van der Waals surface area (Å²) >= 11 is 1.64. The molecule has 0 bridgehead atoms. The van der Waals surface area contributed by atoms with Crippen molar-refractivity contribution in [1.82, 2.24) is 24.6 Å². The summed E-state index contributed by atoms with van der Waals surface area (Å²) in [4.78, 5) is 15.7. The molecule has 9 heteroatoms. The van der Waals surface area contributed by atoms with Crippen molar-refractivity contribution in [3.05, 3.63) is 47.7 Å². The zero-order chi connectivity index (χ0) is 18.1. The van der Waals surface area contributed by atoms with E-state index in [0.29, 0.717) is 11.5 Å². The molecule has 5 rings (SSSR count). The average molecular weight is 379 g/mol. The lowest BCUT2D eigenvalue weighted by Gasteiger charge is -2.27. The first-order valence-corrected chi connectivity index (χ1v) is 9.60. The third kappa shape index (κ3) is 3.11. The van der Waals surface area contributed by atoms with Crippen molar-refractivity contribution >= 4 is 34.3 Å². The molecule has 0 aromatic carbocycles. The highest BCUT2D eigenvalue weighted by Gasteiger charge is 2.14. The fraction of sp³-hybridized carbons (Fsp3) is 0.222. The number of anilines is 3. The van der Waals surface area contributed by atoms with Gasteiger partial charge in [0.15, 0.2) is 11.5 Å². The zero-order valence-corrected chi connectivity index (χ0v) is 15.3. The molecule has 4 aromatic rings. The summed E-state index contributed by atoms with van der Waals surface area (Å²) in [5.41, 5.74) is 3.52. The number of ether oxygens (including phenoxy) is 1. The molecule has 4 aromatic heterocycles. The van der Waals surface area contributed by atoms with Crippen molar-refractivity contribution in [2.24, 2.45) is 0 Å². The minimum absolute atomic E-state index is 0.646. The highest BCUT2D eigenvalue weighted by Crippen LogP contribution is 2.26. The molecule has 0 radical (unpaired) electrons. The molecule has 0 atom stereocenters. The monoisotopic (exact) mass is 379 g/mol. The molecule has 27 heavy (non-hydrogen) atoms. The predicted octanol–water partition coefficient (Wildman–Crippen LogP) is 2.83. The largest absolute Gasteiger partial charge is 0.378 e. The molecule has 0 spiro atoms. The molecule has 136 valence electrons. The molecule has 1 saturated heterocycles. The minimum atomic E-state index is 0.646. The summed E-state index contributed by atoms with van der Waals surface area (Å²) in [5.74, 6) is 1.60. The molecule has 0 amide bonds. The van der Waals surface area contributed by atoms with Gasteiger partial charge in [0.05, 0.1) is 37.0 Å². The van der Waals surface area contributed by atoms with E-state index in [0.717, 1.165) is 49.1 Å². The lowest BCUT2D eigenvalue weighted by Crippen LogP contribution is -2.36. The number of rotatable bonds is 4. The van der Waals surface area contributed by atoms with Crippen LogP contribution in [-0.4, -0.2) is 50.9 Å². The van der Waals surface area contributed by atoms with Gasteiger partial charge in [0.1, 0.15) is 12.1 Å². The average Bonchev–Trinajstić information content (AvgIpc) is 3.42. The highest BCUT2D eigenvalue weighted by atomic mass is 32.1. The van der Waals surface area contributed by atoms with Crippen LogP contribution < -0.4 is 10.2 Å². The van der Waals surface area contributed by atoms with Gasteiger partial charge < -0.3 is 15.0 Å². The molecule has 0 saturated carbocycles. The summed E-state index contributed by atoms with van der Waals surface area (Å²) in [7, 11) is 0. The first kappa shape index (κ1) is 16.2. The van der Waals surface area contributed by atoms with Crippen molar-refractivity contribution in [3.8, 4) is 11.3 Å². The zero-order valence-electron chi connectivity index (χ0n) is 14.4. The predicted molar refractivity (Wildman–Crippen MR) is 105 cm³/mol. The summed E-state index contributed by atoms with van der Waals surface area (Å²) in [6.45, 7) is 3.22. The lowest BCUT2D eigenvalue weighted by atomic mass is 10.2. The Balaban J connectivity index is 1.42. The van der Waals surface area contributed by atoms with Crippen LogP contribution in [0.4, 0.5) is 17.3 Å². The molecule has 5 heterocycles. The second-order valence-corrected chi connectivity index (χ2v) is 6.91. The Morgan fingerprint density at radius 2 is 1.96 bits per heavy atom. The van der Waals surface area contributed by atoms with Crippen molar-refractivity contribution in [3.63, 3.8) is 0 Å². The normalized spacial score (nSPS) is 14.6. The van der Waals surface area contributed by atoms with Crippen molar-refractivity contribution in [2.75, 3.05) is 36.5 Å². The van der Waals surface area contributed by atoms with E-state index in [-0.39, 0.29) is 0 Å². The molecule has 1 aliphatic heterocycles. The third-order valence-electron chi connectivity index (χ3n) is 4.47. The number of pyridine rings is 1. The van der Waals surface area contributed by atoms with Gasteiger partial charge in [-0.2, -0.15) is 16.4 Å². The standard InChI is InChI=1S/C18H17N7OS/c1-2-16(24-4-6-26-7-5-24)19-9-14(1)23-17-18-21-12-22-25(18)15(10-20-17)13-3-8-27-11-13/h1-3,8-12H,4-7H2,(H,20,23). The summed E-state index contributed by atoms with van der Waals surface area (Å²) in [6, 6.07) is 6.05. The molecule has 8 nitrogen and oxygen atoms in total. The molecule has 1 N–H and O–H groups in total. The van der Waals surface area contributed by atoms with Crippen LogP contribution in [0, 0.1) is 0 Å². The summed E-state index contributed by atoms with van der Waals surface area (Å²) in [6.07, 6.45) is 5.16. The van der Waals surface area contributed by atoms with Gasteiger partial charge in [-0.05, 0) is 23.6 Å². The van der Waals surface area contributed by atoms with E-state index in [1.165, 1.54) is 6.33 Å². The third-order valence-corrected chi connectivity index (χ3v) is 5.15. The number of fused-ring (bicyclic) bond motifs is 1. The van der Waals surface area contributed by atoms with Crippen molar-refractivity contribution in [1.29, 1.82) is 0 Å². The Hall–Kier alpha value is -3.04. The van der Waals surface area contributed by atoms with Gasteiger partial charge in [0.2, 0.25) is 0 Å². The van der Waals surface area contributed by atoms with Gasteiger partial charge in [-0.1, -0.05) is 0 Å². The van der Waals surface area contributed by atoms with E-state index in [1.54, 1.807) is 15.9 Å². The number of hydrogen-bond acceptors (Lipinski definition) is 8. The van der Waals surface area contributed by atoms with Crippen LogP contribution in [0.2, 0.25) is 0 Å². The number of aromatic nitrogens is 5. The second kappa shape index (κ2) is 6.93. The van der Waals surface area contributed by atoms with Gasteiger partial charge in [-0.15, -0.1) is 0 Å². The van der Waals surface area contributed by atoms with Gasteiger partial charge in [-0.25, -0.2) is 19.5 Å². The molecular formula is C18H17N7OS. The summed E-state index contributed by atoms with van der Waals surface area (Å²) in [5, 5.41) is 11.7. The van der Waals surface area contributed by atoms with Gasteiger partial charge >= 0.3 is 0 Å². The number of nitrogens with zero attached hydrogens (tertiary/aromatic N) is 6. The topological polar surface area (TPSA) is 80.5 Å². The number of morpholine rings is 1. The van der Waals surface area contributed by atoms with Crippen LogP contribution in [0.1, 0.15) is 0 Å².